The van der Waals surface area contributed by atoms with Gasteiger partial charge in [0.05, 0.1) is 5.52 Å². The van der Waals surface area contributed by atoms with Crippen LogP contribution in [0.2, 0.25) is 5.28 Å². The van der Waals surface area contributed by atoms with E-state index < -0.39 is 0 Å². The Morgan fingerprint density at radius 3 is 2.61 bits per heavy atom. The van der Waals surface area contributed by atoms with Crippen LogP contribution in [0.5, 0.6) is 0 Å². The summed E-state index contributed by atoms with van der Waals surface area (Å²) in [5, 5.41) is 1.37. The molecule has 0 amide bonds. The highest BCUT2D eigenvalue weighted by Crippen LogP contribution is 2.25. The van der Waals surface area contributed by atoms with E-state index in [4.69, 9.17) is 11.6 Å². The molecular formula is C14H18ClN3. The molecule has 0 saturated carbocycles. The first-order chi connectivity index (χ1) is 8.61. The number of para-hydroxylation sites is 1. The highest BCUT2D eigenvalue weighted by molar-refractivity contribution is 6.28. The summed E-state index contributed by atoms with van der Waals surface area (Å²) in [4.78, 5) is 10.9. The predicted octanol–water partition coefficient (Wildman–Crippen LogP) is 3.77. The Labute approximate surface area is 113 Å². The van der Waals surface area contributed by atoms with Crippen LogP contribution in [-0.4, -0.2) is 23.1 Å². The van der Waals surface area contributed by atoms with Crippen molar-refractivity contribution in [3.63, 3.8) is 0 Å². The van der Waals surface area contributed by atoms with Crippen molar-refractivity contribution in [3.8, 4) is 0 Å². The maximum absolute atomic E-state index is 6.01. The molecule has 0 bridgehead atoms. The molecule has 0 fully saturated rings. The summed E-state index contributed by atoms with van der Waals surface area (Å²) < 4.78 is 0. The van der Waals surface area contributed by atoms with Gasteiger partial charge in [0.15, 0.2) is 0 Å². The number of anilines is 1. The zero-order chi connectivity index (χ0) is 13.1. The molecule has 4 heteroatoms. The first kappa shape index (κ1) is 13.1. The number of benzene rings is 1. The number of fused-ring (bicyclic) bond motifs is 1. The molecule has 2 aromatic rings. The lowest BCUT2D eigenvalue weighted by Gasteiger charge is -2.25. The van der Waals surface area contributed by atoms with Gasteiger partial charge in [0, 0.05) is 18.5 Å². The Balaban J connectivity index is 2.54. The van der Waals surface area contributed by atoms with Crippen molar-refractivity contribution in [2.75, 3.05) is 18.0 Å². The molecule has 0 atom stereocenters. The molecule has 0 unspecified atom stereocenters. The fourth-order valence-corrected chi connectivity index (χ4v) is 2.25. The quantitative estimate of drug-likeness (QED) is 0.787. The van der Waals surface area contributed by atoms with E-state index in [9.17, 15) is 0 Å². The van der Waals surface area contributed by atoms with Crippen molar-refractivity contribution in [1.29, 1.82) is 0 Å². The third-order valence-corrected chi connectivity index (χ3v) is 2.99. The van der Waals surface area contributed by atoms with E-state index in [0.717, 1.165) is 29.8 Å². The minimum atomic E-state index is 0.311. The lowest BCUT2D eigenvalue weighted by molar-refractivity contribution is 0.615. The Bertz CT molecular complexity index is 540. The van der Waals surface area contributed by atoms with Gasteiger partial charge in [0.1, 0.15) is 5.82 Å². The third kappa shape index (κ3) is 2.72. The van der Waals surface area contributed by atoms with Crippen molar-refractivity contribution < 1.29 is 0 Å². The zero-order valence-electron chi connectivity index (χ0n) is 11.0. The van der Waals surface area contributed by atoms with Crippen LogP contribution in [0.3, 0.4) is 0 Å². The van der Waals surface area contributed by atoms with Gasteiger partial charge in [-0.25, -0.2) is 4.98 Å². The van der Waals surface area contributed by atoms with Crippen LogP contribution in [0, 0.1) is 5.92 Å². The van der Waals surface area contributed by atoms with Gasteiger partial charge in [-0.1, -0.05) is 26.0 Å². The molecule has 2 rings (SSSR count). The van der Waals surface area contributed by atoms with Crippen molar-refractivity contribution in [2.45, 2.75) is 20.8 Å². The highest BCUT2D eigenvalue weighted by atomic mass is 35.5. The minimum absolute atomic E-state index is 0.311. The molecule has 1 aromatic heterocycles. The van der Waals surface area contributed by atoms with Gasteiger partial charge < -0.3 is 4.90 Å². The van der Waals surface area contributed by atoms with Crippen LogP contribution in [0.4, 0.5) is 5.82 Å². The van der Waals surface area contributed by atoms with Crippen LogP contribution < -0.4 is 4.90 Å². The normalized spacial score (nSPS) is 11.2. The van der Waals surface area contributed by atoms with Gasteiger partial charge in [0.2, 0.25) is 5.28 Å². The average Bonchev–Trinajstić information content (AvgIpc) is 2.34. The summed E-state index contributed by atoms with van der Waals surface area (Å²) in [5.41, 5.74) is 0.898. The standard InChI is InChI=1S/C14H18ClN3/c1-4-18(9-10(2)3)13-11-7-5-6-8-12(11)16-14(15)17-13/h5-8,10H,4,9H2,1-3H3. The van der Waals surface area contributed by atoms with Crippen molar-refractivity contribution in [2.24, 2.45) is 5.92 Å². The third-order valence-electron chi connectivity index (χ3n) is 2.82. The summed E-state index contributed by atoms with van der Waals surface area (Å²) in [5.74, 6) is 1.51. The highest BCUT2D eigenvalue weighted by Gasteiger charge is 2.13. The van der Waals surface area contributed by atoms with E-state index in [-0.39, 0.29) is 0 Å². The number of hydrogen-bond donors (Lipinski definition) is 0. The number of hydrogen-bond acceptors (Lipinski definition) is 3. The van der Waals surface area contributed by atoms with Crippen LogP contribution in [0.25, 0.3) is 10.9 Å². The number of nitrogens with zero attached hydrogens (tertiary/aromatic N) is 3. The van der Waals surface area contributed by atoms with Crippen molar-refractivity contribution in [1.82, 2.24) is 9.97 Å². The lowest BCUT2D eigenvalue weighted by atomic mass is 10.2. The lowest BCUT2D eigenvalue weighted by Crippen LogP contribution is -2.28. The van der Waals surface area contributed by atoms with Gasteiger partial charge >= 0.3 is 0 Å². The molecule has 0 aliphatic rings. The summed E-state index contributed by atoms with van der Waals surface area (Å²) in [6, 6.07) is 7.99. The molecule has 0 N–H and O–H groups in total. The second-order valence-electron chi connectivity index (χ2n) is 4.77. The molecule has 0 spiro atoms. The summed E-state index contributed by atoms with van der Waals surface area (Å²) in [6.07, 6.45) is 0. The second-order valence-corrected chi connectivity index (χ2v) is 5.10. The molecule has 0 radical (unpaired) electrons. The average molecular weight is 264 g/mol. The van der Waals surface area contributed by atoms with E-state index in [1.54, 1.807) is 0 Å². The second kappa shape index (κ2) is 5.53. The smallest absolute Gasteiger partial charge is 0.224 e. The van der Waals surface area contributed by atoms with Crippen molar-refractivity contribution in [3.05, 3.63) is 29.5 Å². The molecule has 0 aliphatic heterocycles. The zero-order valence-corrected chi connectivity index (χ0v) is 11.8. The Kier molecular flexibility index (Phi) is 4.02. The van der Waals surface area contributed by atoms with Crippen LogP contribution in [0.15, 0.2) is 24.3 Å². The molecule has 1 heterocycles. The van der Waals surface area contributed by atoms with Gasteiger partial charge in [-0.3, -0.25) is 0 Å². The maximum atomic E-state index is 6.01. The Hall–Kier alpha value is -1.35. The van der Waals surface area contributed by atoms with Gasteiger partial charge in [-0.15, -0.1) is 0 Å². The van der Waals surface area contributed by atoms with E-state index in [1.165, 1.54) is 0 Å². The van der Waals surface area contributed by atoms with E-state index in [0.29, 0.717) is 11.2 Å². The van der Waals surface area contributed by atoms with E-state index in [1.807, 2.05) is 24.3 Å². The SMILES string of the molecule is CCN(CC(C)C)c1nc(Cl)nc2ccccc12. The van der Waals surface area contributed by atoms with Crippen LogP contribution >= 0.6 is 11.6 Å². The number of aromatic nitrogens is 2. The Morgan fingerprint density at radius 2 is 1.94 bits per heavy atom. The predicted molar refractivity (Wildman–Crippen MR) is 77.3 cm³/mol. The number of rotatable bonds is 4. The van der Waals surface area contributed by atoms with E-state index >= 15 is 0 Å². The first-order valence-corrected chi connectivity index (χ1v) is 6.66. The van der Waals surface area contributed by atoms with Gasteiger partial charge in [-0.2, -0.15) is 4.98 Å². The summed E-state index contributed by atoms with van der Waals surface area (Å²) in [6.45, 7) is 8.41. The molecule has 18 heavy (non-hydrogen) atoms. The topological polar surface area (TPSA) is 29.0 Å². The van der Waals surface area contributed by atoms with Crippen LogP contribution in [0.1, 0.15) is 20.8 Å². The van der Waals surface area contributed by atoms with Gasteiger partial charge in [0.25, 0.3) is 0 Å². The molecule has 0 saturated heterocycles. The summed E-state index contributed by atoms with van der Waals surface area (Å²) >= 11 is 6.01. The largest absolute Gasteiger partial charge is 0.356 e. The Morgan fingerprint density at radius 1 is 1.22 bits per heavy atom. The van der Waals surface area contributed by atoms with Crippen LogP contribution in [-0.2, 0) is 0 Å². The molecular weight excluding hydrogens is 246 g/mol. The maximum Gasteiger partial charge on any atom is 0.224 e. The molecule has 3 nitrogen and oxygen atoms in total. The minimum Gasteiger partial charge on any atom is -0.356 e. The monoisotopic (exact) mass is 263 g/mol. The summed E-state index contributed by atoms with van der Waals surface area (Å²) in [7, 11) is 0. The van der Waals surface area contributed by atoms with Crippen molar-refractivity contribution >= 4 is 28.3 Å². The van der Waals surface area contributed by atoms with Gasteiger partial charge in [-0.05, 0) is 36.6 Å². The molecule has 96 valence electrons. The fourth-order valence-electron chi connectivity index (χ4n) is 2.08. The fraction of sp³-hybridized carbons (Fsp3) is 0.429. The molecule has 1 aromatic carbocycles. The molecule has 0 aliphatic carbocycles. The number of halogens is 1. The first-order valence-electron chi connectivity index (χ1n) is 6.29. The van der Waals surface area contributed by atoms with E-state index in [2.05, 4.69) is 35.6 Å².